The van der Waals surface area contributed by atoms with Crippen molar-refractivity contribution in [2.45, 2.75) is 39.0 Å². The van der Waals surface area contributed by atoms with Gasteiger partial charge in [-0.05, 0) is 29.7 Å². The van der Waals surface area contributed by atoms with E-state index in [9.17, 15) is 13.2 Å². The molecule has 0 atom stereocenters. The highest BCUT2D eigenvalue weighted by atomic mass is 19.4. The average molecular weight is 445 g/mol. The summed E-state index contributed by atoms with van der Waals surface area (Å²) in [5.74, 6) is 1.57. The van der Waals surface area contributed by atoms with Crippen LogP contribution in [0.2, 0.25) is 0 Å². The van der Waals surface area contributed by atoms with Crippen LogP contribution in [-0.4, -0.2) is 33.8 Å². The van der Waals surface area contributed by atoms with E-state index in [2.05, 4.69) is 25.8 Å². The number of hydrogen-bond donors (Lipinski definition) is 2. The van der Waals surface area contributed by atoms with E-state index in [1.807, 2.05) is 41.8 Å². The van der Waals surface area contributed by atoms with Gasteiger partial charge < -0.3 is 15.2 Å². The first kappa shape index (κ1) is 23.3. The molecule has 170 valence electrons. The van der Waals surface area contributed by atoms with Crippen LogP contribution in [-0.2, 0) is 32.1 Å². The van der Waals surface area contributed by atoms with Crippen LogP contribution in [0.1, 0.15) is 29.4 Å². The summed E-state index contributed by atoms with van der Waals surface area (Å²) in [5, 5.41) is 14.6. The zero-order valence-electron chi connectivity index (χ0n) is 17.9. The van der Waals surface area contributed by atoms with Gasteiger partial charge in [-0.1, -0.05) is 49.4 Å². The van der Waals surface area contributed by atoms with E-state index in [0.717, 1.165) is 35.5 Å². The van der Waals surface area contributed by atoms with Gasteiger partial charge in [-0.15, -0.1) is 10.2 Å². The summed E-state index contributed by atoms with van der Waals surface area (Å²) < 4.78 is 40.2. The molecule has 0 aliphatic heterocycles. The number of guanidine groups is 1. The van der Waals surface area contributed by atoms with Gasteiger partial charge in [0.05, 0.1) is 12.1 Å². The largest absolute Gasteiger partial charge is 0.416 e. The number of aryl methyl sites for hydroxylation is 1. The van der Waals surface area contributed by atoms with E-state index in [1.165, 1.54) is 12.1 Å². The third-order valence-electron chi connectivity index (χ3n) is 4.91. The Labute approximate surface area is 185 Å². The van der Waals surface area contributed by atoms with E-state index in [0.29, 0.717) is 38.6 Å². The van der Waals surface area contributed by atoms with Crippen LogP contribution in [0.5, 0.6) is 0 Å². The first-order valence-electron chi connectivity index (χ1n) is 10.5. The van der Waals surface area contributed by atoms with Crippen LogP contribution < -0.4 is 10.6 Å². The maximum absolute atomic E-state index is 12.7. The topological polar surface area (TPSA) is 67.1 Å². The number of aromatic nitrogens is 3. The lowest BCUT2D eigenvalue weighted by Crippen LogP contribution is -2.40. The van der Waals surface area contributed by atoms with Crippen molar-refractivity contribution >= 4 is 5.96 Å². The van der Waals surface area contributed by atoms with Crippen LogP contribution in [0, 0.1) is 0 Å². The molecule has 0 fully saturated rings. The Bertz CT molecular complexity index is 981. The Balaban J connectivity index is 1.56. The fourth-order valence-corrected chi connectivity index (χ4v) is 3.15. The summed E-state index contributed by atoms with van der Waals surface area (Å²) in [5.41, 5.74) is 1.27. The number of benzene rings is 2. The Morgan fingerprint density at radius 2 is 1.69 bits per heavy atom. The molecule has 2 aromatic carbocycles. The quantitative estimate of drug-likeness (QED) is 0.389. The first-order valence-corrected chi connectivity index (χ1v) is 10.5. The number of nitrogens with zero attached hydrogens (tertiary/aromatic N) is 4. The Morgan fingerprint density at radius 1 is 0.969 bits per heavy atom. The van der Waals surface area contributed by atoms with Gasteiger partial charge in [0.1, 0.15) is 12.2 Å². The van der Waals surface area contributed by atoms with Crippen molar-refractivity contribution < 1.29 is 13.2 Å². The van der Waals surface area contributed by atoms with Crippen molar-refractivity contribution in [1.82, 2.24) is 25.4 Å². The second-order valence-corrected chi connectivity index (χ2v) is 7.24. The summed E-state index contributed by atoms with van der Waals surface area (Å²) in [6.07, 6.45) is -1.23. The third kappa shape index (κ3) is 7.11. The molecule has 0 bridgehead atoms. The van der Waals surface area contributed by atoms with Crippen LogP contribution >= 0.6 is 0 Å². The van der Waals surface area contributed by atoms with Gasteiger partial charge in [0.2, 0.25) is 0 Å². The molecule has 0 spiro atoms. The monoisotopic (exact) mass is 444 g/mol. The summed E-state index contributed by atoms with van der Waals surface area (Å²) in [4.78, 5) is 4.64. The SMILES string of the molecule is CCc1nncn1CCNC(=NCc1ccccc1)NCCc1ccc(C(F)(F)F)cc1. The highest BCUT2D eigenvalue weighted by molar-refractivity contribution is 5.79. The molecule has 1 aromatic heterocycles. The molecule has 0 aliphatic carbocycles. The highest BCUT2D eigenvalue weighted by Gasteiger charge is 2.29. The van der Waals surface area contributed by atoms with Gasteiger partial charge in [-0.25, -0.2) is 4.99 Å². The zero-order valence-corrected chi connectivity index (χ0v) is 17.9. The molecule has 9 heteroatoms. The lowest BCUT2D eigenvalue weighted by atomic mass is 10.1. The zero-order chi connectivity index (χ0) is 22.8. The number of alkyl halides is 3. The number of nitrogens with one attached hydrogen (secondary N) is 2. The van der Waals surface area contributed by atoms with Crippen molar-refractivity contribution in [3.05, 3.63) is 83.4 Å². The van der Waals surface area contributed by atoms with Crippen molar-refractivity contribution in [3.8, 4) is 0 Å². The first-order chi connectivity index (χ1) is 15.5. The molecule has 3 aromatic rings. The molecule has 0 amide bonds. The molecule has 3 rings (SSSR count). The molecule has 0 saturated carbocycles. The molecule has 6 nitrogen and oxygen atoms in total. The van der Waals surface area contributed by atoms with Gasteiger partial charge in [-0.3, -0.25) is 0 Å². The molecule has 0 radical (unpaired) electrons. The molecular formula is C23H27F3N6. The van der Waals surface area contributed by atoms with Gasteiger partial charge in [0.15, 0.2) is 5.96 Å². The van der Waals surface area contributed by atoms with E-state index < -0.39 is 11.7 Å². The van der Waals surface area contributed by atoms with E-state index >= 15 is 0 Å². The number of aliphatic imine (C=N–C) groups is 1. The Kier molecular flexibility index (Phi) is 8.24. The second kappa shape index (κ2) is 11.3. The molecule has 1 heterocycles. The Morgan fingerprint density at radius 3 is 2.38 bits per heavy atom. The van der Waals surface area contributed by atoms with Crippen LogP contribution in [0.15, 0.2) is 65.9 Å². The van der Waals surface area contributed by atoms with Crippen molar-refractivity contribution in [2.75, 3.05) is 13.1 Å². The van der Waals surface area contributed by atoms with Crippen LogP contribution in [0.25, 0.3) is 0 Å². The molecule has 0 saturated heterocycles. The van der Waals surface area contributed by atoms with Gasteiger partial charge >= 0.3 is 6.18 Å². The maximum Gasteiger partial charge on any atom is 0.416 e. The van der Waals surface area contributed by atoms with Crippen LogP contribution in [0.4, 0.5) is 13.2 Å². The lowest BCUT2D eigenvalue weighted by molar-refractivity contribution is -0.137. The molecule has 32 heavy (non-hydrogen) atoms. The fourth-order valence-electron chi connectivity index (χ4n) is 3.15. The Hall–Kier alpha value is -3.36. The smallest absolute Gasteiger partial charge is 0.356 e. The lowest BCUT2D eigenvalue weighted by Gasteiger charge is -2.14. The fraction of sp³-hybridized carbons (Fsp3) is 0.348. The van der Waals surface area contributed by atoms with Crippen LogP contribution in [0.3, 0.4) is 0 Å². The van der Waals surface area contributed by atoms with Crippen molar-refractivity contribution in [2.24, 2.45) is 4.99 Å². The minimum absolute atomic E-state index is 0.517. The summed E-state index contributed by atoms with van der Waals surface area (Å²) in [6, 6.07) is 15.2. The summed E-state index contributed by atoms with van der Waals surface area (Å²) >= 11 is 0. The molecular weight excluding hydrogens is 417 g/mol. The standard InChI is InChI=1S/C23H27F3N6/c1-2-21-31-30-17-32(21)15-14-28-22(29-16-19-6-4-3-5-7-19)27-13-12-18-8-10-20(11-9-18)23(24,25)26/h3-11,17H,2,12-16H2,1H3,(H2,27,28,29). The highest BCUT2D eigenvalue weighted by Crippen LogP contribution is 2.29. The normalized spacial score (nSPS) is 12.1. The number of halogens is 3. The molecule has 0 unspecified atom stereocenters. The summed E-state index contributed by atoms with van der Waals surface area (Å²) in [6.45, 7) is 4.42. The molecule has 2 N–H and O–H groups in total. The van der Waals surface area contributed by atoms with Crippen molar-refractivity contribution in [1.29, 1.82) is 0 Å². The predicted molar refractivity (Wildman–Crippen MR) is 118 cm³/mol. The second-order valence-electron chi connectivity index (χ2n) is 7.24. The third-order valence-corrected chi connectivity index (χ3v) is 4.91. The van der Waals surface area contributed by atoms with E-state index in [1.54, 1.807) is 6.33 Å². The minimum Gasteiger partial charge on any atom is -0.356 e. The molecule has 0 aliphatic rings. The minimum atomic E-state index is -4.32. The van der Waals surface area contributed by atoms with Crippen molar-refractivity contribution in [3.63, 3.8) is 0 Å². The van der Waals surface area contributed by atoms with Gasteiger partial charge in [-0.2, -0.15) is 13.2 Å². The predicted octanol–water partition coefficient (Wildman–Crippen LogP) is 3.84. The number of hydrogen-bond acceptors (Lipinski definition) is 3. The number of rotatable bonds is 9. The van der Waals surface area contributed by atoms with Gasteiger partial charge in [0, 0.05) is 26.1 Å². The van der Waals surface area contributed by atoms with E-state index in [-0.39, 0.29) is 0 Å². The van der Waals surface area contributed by atoms with E-state index in [4.69, 9.17) is 0 Å². The van der Waals surface area contributed by atoms with Gasteiger partial charge in [0.25, 0.3) is 0 Å². The summed E-state index contributed by atoms with van der Waals surface area (Å²) in [7, 11) is 0. The average Bonchev–Trinajstić information content (AvgIpc) is 3.25. The maximum atomic E-state index is 12.7.